The molecule has 0 aromatic heterocycles. The van der Waals surface area contributed by atoms with Crippen LogP contribution in [-0.4, -0.2) is 35.5 Å². The van der Waals surface area contributed by atoms with Crippen molar-refractivity contribution in [1.82, 2.24) is 15.1 Å². The lowest BCUT2D eigenvalue weighted by molar-refractivity contribution is -0.140. The lowest BCUT2D eigenvalue weighted by Gasteiger charge is -2.42. The van der Waals surface area contributed by atoms with Crippen molar-refractivity contribution in [2.24, 2.45) is 5.92 Å². The number of benzene rings is 1. The van der Waals surface area contributed by atoms with E-state index in [1.807, 2.05) is 12.1 Å². The summed E-state index contributed by atoms with van der Waals surface area (Å²) in [6, 6.07) is 7.95. The standard InChI is InChI=1S/C19H24BrN3O/c20-16-8-4-7-15(9-16)18-19(24)22(11-14-5-2-1-3-6-14)12-17-10-21-13-23(17)18/h4,7-10,14,18,21H,1-3,5-6,11-13H2. The number of amides is 1. The number of hydrogen-bond acceptors (Lipinski definition) is 3. The molecule has 1 saturated carbocycles. The molecule has 0 bridgehead atoms. The Morgan fingerprint density at radius 1 is 1.21 bits per heavy atom. The van der Waals surface area contributed by atoms with Crippen molar-refractivity contribution in [3.8, 4) is 0 Å². The van der Waals surface area contributed by atoms with Gasteiger partial charge in [0.1, 0.15) is 6.04 Å². The first-order valence-electron chi connectivity index (χ1n) is 8.96. The van der Waals surface area contributed by atoms with E-state index < -0.39 is 0 Å². The monoisotopic (exact) mass is 389 g/mol. The Balaban J connectivity index is 1.59. The van der Waals surface area contributed by atoms with Crippen LogP contribution in [0, 0.1) is 5.92 Å². The van der Waals surface area contributed by atoms with Gasteiger partial charge in [0.15, 0.2) is 0 Å². The van der Waals surface area contributed by atoms with E-state index in [9.17, 15) is 4.79 Å². The zero-order valence-electron chi connectivity index (χ0n) is 13.9. The Labute approximate surface area is 152 Å². The molecule has 1 amide bonds. The molecule has 24 heavy (non-hydrogen) atoms. The van der Waals surface area contributed by atoms with Crippen molar-refractivity contribution >= 4 is 21.8 Å². The van der Waals surface area contributed by atoms with E-state index in [0.717, 1.165) is 29.8 Å². The first-order chi connectivity index (χ1) is 11.7. The van der Waals surface area contributed by atoms with Crippen LogP contribution in [0.15, 0.2) is 40.6 Å². The summed E-state index contributed by atoms with van der Waals surface area (Å²) in [5, 5.41) is 3.30. The summed E-state index contributed by atoms with van der Waals surface area (Å²) >= 11 is 3.54. The second-order valence-electron chi connectivity index (χ2n) is 7.15. The first-order valence-corrected chi connectivity index (χ1v) is 9.75. The number of rotatable bonds is 3. The lowest BCUT2D eigenvalue weighted by atomic mass is 9.88. The molecule has 2 aliphatic heterocycles. The highest BCUT2D eigenvalue weighted by molar-refractivity contribution is 9.10. The van der Waals surface area contributed by atoms with Gasteiger partial charge in [0.05, 0.1) is 18.9 Å². The van der Waals surface area contributed by atoms with E-state index in [1.54, 1.807) is 0 Å². The minimum absolute atomic E-state index is 0.207. The van der Waals surface area contributed by atoms with Crippen LogP contribution in [0.5, 0.6) is 0 Å². The third-order valence-corrected chi connectivity index (χ3v) is 5.97. The zero-order chi connectivity index (χ0) is 16.5. The van der Waals surface area contributed by atoms with Crippen molar-refractivity contribution in [3.63, 3.8) is 0 Å². The molecule has 4 nitrogen and oxygen atoms in total. The number of piperazine rings is 1. The van der Waals surface area contributed by atoms with Crippen LogP contribution in [0.4, 0.5) is 0 Å². The zero-order valence-corrected chi connectivity index (χ0v) is 15.5. The van der Waals surface area contributed by atoms with Gasteiger partial charge < -0.3 is 15.1 Å². The Morgan fingerprint density at radius 3 is 2.83 bits per heavy atom. The van der Waals surface area contributed by atoms with Crippen molar-refractivity contribution in [2.75, 3.05) is 19.8 Å². The largest absolute Gasteiger partial charge is 0.372 e. The maximum atomic E-state index is 13.3. The van der Waals surface area contributed by atoms with Gasteiger partial charge in [0, 0.05) is 17.2 Å². The molecule has 1 unspecified atom stereocenters. The average molecular weight is 390 g/mol. The fourth-order valence-corrected chi connectivity index (χ4v) is 4.67. The van der Waals surface area contributed by atoms with Crippen LogP contribution in [0.3, 0.4) is 0 Å². The fraction of sp³-hybridized carbons (Fsp3) is 0.526. The normalized spacial score (nSPS) is 24.6. The molecule has 1 aromatic rings. The van der Waals surface area contributed by atoms with E-state index in [-0.39, 0.29) is 11.9 Å². The van der Waals surface area contributed by atoms with Gasteiger partial charge >= 0.3 is 0 Å². The first kappa shape index (κ1) is 16.0. The van der Waals surface area contributed by atoms with Crippen molar-refractivity contribution in [2.45, 2.75) is 38.1 Å². The Bertz CT molecular complexity index is 654. The Hall–Kier alpha value is -1.49. The number of hydrogen-bond donors (Lipinski definition) is 1. The van der Waals surface area contributed by atoms with E-state index in [0.29, 0.717) is 5.92 Å². The highest BCUT2D eigenvalue weighted by Gasteiger charge is 2.40. The third-order valence-electron chi connectivity index (χ3n) is 5.48. The van der Waals surface area contributed by atoms with Gasteiger partial charge in [-0.15, -0.1) is 0 Å². The molecule has 1 saturated heterocycles. The van der Waals surface area contributed by atoms with Gasteiger partial charge in [0.2, 0.25) is 5.91 Å². The quantitative estimate of drug-likeness (QED) is 0.857. The van der Waals surface area contributed by atoms with Gasteiger partial charge in [-0.2, -0.15) is 0 Å². The molecule has 128 valence electrons. The number of fused-ring (bicyclic) bond motifs is 1. The van der Waals surface area contributed by atoms with Crippen LogP contribution in [0.2, 0.25) is 0 Å². The summed E-state index contributed by atoms with van der Waals surface area (Å²) in [6.07, 6.45) is 8.61. The molecule has 1 aliphatic carbocycles. The smallest absolute Gasteiger partial charge is 0.250 e. The Kier molecular flexibility index (Phi) is 4.53. The minimum atomic E-state index is -0.207. The van der Waals surface area contributed by atoms with E-state index in [1.165, 1.54) is 37.8 Å². The Morgan fingerprint density at radius 2 is 2.04 bits per heavy atom. The van der Waals surface area contributed by atoms with Crippen LogP contribution in [0.25, 0.3) is 0 Å². The molecule has 0 spiro atoms. The van der Waals surface area contributed by atoms with Gasteiger partial charge in [-0.25, -0.2) is 0 Å². The maximum Gasteiger partial charge on any atom is 0.250 e. The number of nitrogens with zero attached hydrogens (tertiary/aromatic N) is 2. The molecular weight excluding hydrogens is 366 g/mol. The molecule has 4 rings (SSSR count). The van der Waals surface area contributed by atoms with Crippen molar-refractivity contribution < 1.29 is 4.79 Å². The molecule has 3 aliphatic rings. The summed E-state index contributed by atoms with van der Waals surface area (Å²) < 4.78 is 1.02. The summed E-state index contributed by atoms with van der Waals surface area (Å²) in [6.45, 7) is 2.37. The second-order valence-corrected chi connectivity index (χ2v) is 8.06. The highest BCUT2D eigenvalue weighted by Crippen LogP contribution is 2.35. The summed E-state index contributed by atoms with van der Waals surface area (Å²) in [5.41, 5.74) is 2.30. The topological polar surface area (TPSA) is 35.6 Å². The molecule has 2 fully saturated rings. The molecule has 5 heteroatoms. The molecule has 0 radical (unpaired) electrons. The van der Waals surface area contributed by atoms with E-state index in [4.69, 9.17) is 0 Å². The average Bonchev–Trinajstić information content (AvgIpc) is 3.04. The van der Waals surface area contributed by atoms with Gasteiger partial charge in [-0.1, -0.05) is 47.3 Å². The number of carbonyl (C=O) groups is 1. The predicted octanol–water partition coefficient (Wildman–Crippen LogP) is 3.62. The van der Waals surface area contributed by atoms with Crippen LogP contribution >= 0.6 is 15.9 Å². The van der Waals surface area contributed by atoms with Crippen LogP contribution in [0.1, 0.15) is 43.7 Å². The summed E-state index contributed by atoms with van der Waals surface area (Å²) in [5.74, 6) is 0.923. The fourth-order valence-electron chi connectivity index (χ4n) is 4.25. The minimum Gasteiger partial charge on any atom is -0.372 e. The van der Waals surface area contributed by atoms with E-state index >= 15 is 0 Å². The molecule has 1 N–H and O–H groups in total. The van der Waals surface area contributed by atoms with Gasteiger partial charge in [-0.05, 0) is 36.5 Å². The third kappa shape index (κ3) is 3.06. The molecule has 2 heterocycles. The number of nitrogens with one attached hydrogen (secondary N) is 1. The second kappa shape index (κ2) is 6.79. The van der Waals surface area contributed by atoms with Crippen LogP contribution < -0.4 is 5.32 Å². The number of halogens is 1. The van der Waals surface area contributed by atoms with Gasteiger partial charge in [0.25, 0.3) is 0 Å². The van der Waals surface area contributed by atoms with Gasteiger partial charge in [-0.3, -0.25) is 4.79 Å². The highest BCUT2D eigenvalue weighted by atomic mass is 79.9. The maximum absolute atomic E-state index is 13.3. The van der Waals surface area contributed by atoms with Crippen LogP contribution in [-0.2, 0) is 4.79 Å². The summed E-state index contributed by atoms with van der Waals surface area (Å²) in [4.78, 5) is 17.6. The molecule has 1 atom stereocenters. The van der Waals surface area contributed by atoms with Crippen molar-refractivity contribution in [3.05, 3.63) is 46.2 Å². The number of carbonyl (C=O) groups excluding carboxylic acids is 1. The van der Waals surface area contributed by atoms with Crippen molar-refractivity contribution in [1.29, 1.82) is 0 Å². The lowest BCUT2D eigenvalue weighted by Crippen LogP contribution is -2.51. The van der Waals surface area contributed by atoms with E-state index in [2.05, 4.69) is 49.4 Å². The predicted molar refractivity (Wildman–Crippen MR) is 98.0 cm³/mol. The SMILES string of the molecule is O=C1C(c2cccc(Br)c2)N2CNC=C2CN1CC1CCCCC1. The summed E-state index contributed by atoms with van der Waals surface area (Å²) in [7, 11) is 0. The molecular formula is C19H24BrN3O. The molecule has 1 aromatic carbocycles.